The van der Waals surface area contributed by atoms with Crippen molar-refractivity contribution in [3.05, 3.63) is 64.1 Å². The fourth-order valence-electron chi connectivity index (χ4n) is 3.37. The molecule has 0 heterocycles. The Kier molecular flexibility index (Phi) is 9.27. The molecule has 2 rings (SSSR count). The number of hydrogen-bond donors (Lipinski definition) is 1. The predicted octanol–water partition coefficient (Wildman–Crippen LogP) is 3.47. The van der Waals surface area contributed by atoms with Crippen molar-refractivity contribution in [1.29, 1.82) is 0 Å². The highest BCUT2D eigenvalue weighted by atomic mass is 79.9. The number of sulfonamides is 1. The van der Waals surface area contributed by atoms with Crippen molar-refractivity contribution in [2.24, 2.45) is 0 Å². The van der Waals surface area contributed by atoms with E-state index in [1.807, 2.05) is 37.3 Å². The third kappa shape index (κ3) is 7.34. The molecule has 0 fully saturated rings. The molecule has 2 amide bonds. The number of aryl methyl sites for hydroxylation is 1. The highest BCUT2D eigenvalue weighted by Crippen LogP contribution is 2.20. The fraction of sp³-hybridized carbons (Fsp3) is 0.391. The maximum absolute atomic E-state index is 13.1. The molecule has 2 aromatic carbocycles. The van der Waals surface area contributed by atoms with Crippen LogP contribution in [0, 0.1) is 6.92 Å². The van der Waals surface area contributed by atoms with Gasteiger partial charge in [0, 0.05) is 31.0 Å². The fourth-order valence-corrected chi connectivity index (χ4v) is 4.59. The predicted molar refractivity (Wildman–Crippen MR) is 131 cm³/mol. The number of rotatable bonds is 10. The highest BCUT2D eigenvalue weighted by molar-refractivity contribution is 9.10. The second kappa shape index (κ2) is 11.5. The van der Waals surface area contributed by atoms with Gasteiger partial charge in [0.05, 0.1) is 11.9 Å². The first-order chi connectivity index (χ1) is 15.0. The van der Waals surface area contributed by atoms with Gasteiger partial charge in [-0.1, -0.05) is 40.2 Å². The van der Waals surface area contributed by atoms with Gasteiger partial charge in [-0.25, -0.2) is 8.42 Å². The van der Waals surface area contributed by atoms with Crippen molar-refractivity contribution in [3.63, 3.8) is 0 Å². The Morgan fingerprint density at radius 2 is 1.78 bits per heavy atom. The van der Waals surface area contributed by atoms with Gasteiger partial charge in [0.2, 0.25) is 21.8 Å². The number of carbonyl (C=O) groups is 2. The second-order valence-corrected chi connectivity index (χ2v) is 10.5. The average Bonchev–Trinajstić information content (AvgIpc) is 2.74. The van der Waals surface area contributed by atoms with E-state index in [4.69, 9.17) is 0 Å². The van der Waals surface area contributed by atoms with Crippen LogP contribution in [0.3, 0.4) is 0 Å². The lowest BCUT2D eigenvalue weighted by molar-refractivity contribution is -0.140. The summed E-state index contributed by atoms with van der Waals surface area (Å²) in [7, 11) is -1.96. The molecule has 0 spiro atoms. The molecule has 0 aliphatic heterocycles. The molecule has 0 bridgehead atoms. The summed E-state index contributed by atoms with van der Waals surface area (Å²) in [4.78, 5) is 26.8. The molecule has 0 aromatic heterocycles. The van der Waals surface area contributed by atoms with Gasteiger partial charge >= 0.3 is 0 Å². The zero-order valence-corrected chi connectivity index (χ0v) is 21.2. The van der Waals surface area contributed by atoms with E-state index in [-0.39, 0.29) is 31.3 Å². The van der Waals surface area contributed by atoms with Crippen LogP contribution in [0.2, 0.25) is 0 Å². The molecule has 7 nitrogen and oxygen atoms in total. The molecule has 0 unspecified atom stereocenters. The van der Waals surface area contributed by atoms with Crippen molar-refractivity contribution in [2.75, 3.05) is 24.2 Å². The number of amides is 2. The normalized spacial score (nSPS) is 12.2. The highest BCUT2D eigenvalue weighted by Gasteiger charge is 2.26. The Morgan fingerprint density at radius 1 is 1.12 bits per heavy atom. The van der Waals surface area contributed by atoms with E-state index in [9.17, 15) is 18.0 Å². The SMILES string of the molecule is CNC(=O)[C@H](C)N(Cc1ccc(Br)cc1)C(=O)CCCN(c1cccc(C)c1)S(C)(=O)=O. The van der Waals surface area contributed by atoms with E-state index in [0.29, 0.717) is 12.1 Å². The molecular formula is C23H30BrN3O4S. The third-order valence-corrected chi connectivity index (χ3v) is 6.84. The Morgan fingerprint density at radius 3 is 2.34 bits per heavy atom. The second-order valence-electron chi connectivity index (χ2n) is 7.72. The summed E-state index contributed by atoms with van der Waals surface area (Å²) in [5, 5.41) is 2.59. The largest absolute Gasteiger partial charge is 0.357 e. The quantitative estimate of drug-likeness (QED) is 0.516. The van der Waals surface area contributed by atoms with Gasteiger partial charge in [0.25, 0.3) is 0 Å². The minimum Gasteiger partial charge on any atom is -0.357 e. The summed E-state index contributed by atoms with van der Waals surface area (Å²) in [6.45, 7) is 4.04. The first-order valence-electron chi connectivity index (χ1n) is 10.3. The lowest BCUT2D eigenvalue weighted by Crippen LogP contribution is -2.46. The van der Waals surface area contributed by atoms with Crippen LogP contribution in [0.1, 0.15) is 30.9 Å². The standard InChI is InChI=1S/C23H30BrN3O4S/c1-17-7-5-8-21(15-17)27(32(4,30)31)14-6-9-22(28)26(18(2)23(29)25-3)16-19-10-12-20(24)13-11-19/h5,7-8,10-13,15,18H,6,9,14,16H2,1-4H3,(H,25,29)/t18-/m0/s1. The molecule has 0 saturated carbocycles. The smallest absolute Gasteiger partial charge is 0.242 e. The summed E-state index contributed by atoms with van der Waals surface area (Å²) in [5.74, 6) is -0.463. The first-order valence-corrected chi connectivity index (χ1v) is 13.0. The Labute approximate surface area is 199 Å². The molecular weight excluding hydrogens is 494 g/mol. The van der Waals surface area contributed by atoms with Gasteiger partial charge in [-0.2, -0.15) is 0 Å². The van der Waals surface area contributed by atoms with Crippen molar-refractivity contribution < 1.29 is 18.0 Å². The van der Waals surface area contributed by atoms with Crippen LogP contribution < -0.4 is 9.62 Å². The number of benzene rings is 2. The summed E-state index contributed by atoms with van der Waals surface area (Å²) >= 11 is 3.39. The maximum Gasteiger partial charge on any atom is 0.242 e. The molecule has 1 atom stereocenters. The van der Waals surface area contributed by atoms with Crippen molar-refractivity contribution in [3.8, 4) is 0 Å². The third-order valence-electron chi connectivity index (χ3n) is 5.12. The lowest BCUT2D eigenvalue weighted by Gasteiger charge is -2.29. The van der Waals surface area contributed by atoms with Crippen LogP contribution in [0.4, 0.5) is 5.69 Å². The zero-order valence-electron chi connectivity index (χ0n) is 18.8. The maximum atomic E-state index is 13.1. The van der Waals surface area contributed by atoms with Gasteiger partial charge in [-0.15, -0.1) is 0 Å². The van der Waals surface area contributed by atoms with E-state index < -0.39 is 16.1 Å². The minimum atomic E-state index is -3.50. The summed E-state index contributed by atoms with van der Waals surface area (Å²) < 4.78 is 26.9. The van der Waals surface area contributed by atoms with E-state index in [2.05, 4.69) is 21.2 Å². The van der Waals surface area contributed by atoms with Crippen molar-refractivity contribution >= 4 is 43.5 Å². The number of nitrogens with one attached hydrogen (secondary N) is 1. The molecule has 2 aromatic rings. The summed E-state index contributed by atoms with van der Waals surface area (Å²) in [5.41, 5.74) is 2.42. The van der Waals surface area contributed by atoms with E-state index in [1.165, 1.54) is 16.3 Å². The number of nitrogens with zero attached hydrogens (tertiary/aromatic N) is 2. The van der Waals surface area contributed by atoms with Gasteiger partial charge in [0.1, 0.15) is 6.04 Å². The summed E-state index contributed by atoms with van der Waals surface area (Å²) in [6.07, 6.45) is 1.61. The number of anilines is 1. The van der Waals surface area contributed by atoms with Crippen LogP contribution in [0.5, 0.6) is 0 Å². The average molecular weight is 524 g/mol. The molecule has 9 heteroatoms. The Bertz CT molecular complexity index is 1040. The number of likely N-dealkylation sites (N-methyl/N-ethyl adjacent to an activating group) is 1. The number of carbonyl (C=O) groups excluding carboxylic acids is 2. The van der Waals surface area contributed by atoms with Crippen LogP contribution >= 0.6 is 15.9 Å². The van der Waals surface area contributed by atoms with E-state index in [1.54, 1.807) is 25.1 Å². The topological polar surface area (TPSA) is 86.8 Å². The molecule has 1 N–H and O–H groups in total. The van der Waals surface area contributed by atoms with Gasteiger partial charge in [-0.3, -0.25) is 13.9 Å². The van der Waals surface area contributed by atoms with Crippen molar-refractivity contribution in [1.82, 2.24) is 10.2 Å². The summed E-state index contributed by atoms with van der Waals surface area (Å²) in [6, 6.07) is 14.1. The zero-order chi connectivity index (χ0) is 23.9. The number of halogens is 1. The van der Waals surface area contributed by atoms with Crippen molar-refractivity contribution in [2.45, 2.75) is 39.3 Å². The van der Waals surface area contributed by atoms with Gasteiger partial charge in [0.15, 0.2) is 0 Å². The van der Waals surface area contributed by atoms with Gasteiger partial charge in [-0.05, 0) is 55.7 Å². The Hall–Kier alpha value is -2.39. The minimum absolute atomic E-state index is 0.121. The molecule has 0 aliphatic carbocycles. The van der Waals surface area contributed by atoms with Crippen LogP contribution in [0.25, 0.3) is 0 Å². The monoisotopic (exact) mass is 523 g/mol. The molecule has 0 radical (unpaired) electrons. The lowest BCUT2D eigenvalue weighted by atomic mass is 10.1. The molecule has 0 saturated heterocycles. The van der Waals surface area contributed by atoms with Crippen LogP contribution in [0.15, 0.2) is 53.0 Å². The van der Waals surface area contributed by atoms with Gasteiger partial charge < -0.3 is 10.2 Å². The number of hydrogen-bond acceptors (Lipinski definition) is 4. The molecule has 0 aliphatic rings. The van der Waals surface area contributed by atoms with Crippen LogP contribution in [-0.2, 0) is 26.2 Å². The van der Waals surface area contributed by atoms with E-state index >= 15 is 0 Å². The van der Waals surface area contributed by atoms with E-state index in [0.717, 1.165) is 21.9 Å². The molecule has 174 valence electrons. The first kappa shape index (κ1) is 25.9. The Balaban J connectivity index is 2.13. The van der Waals surface area contributed by atoms with Crippen LogP contribution in [-0.4, -0.2) is 51.0 Å². The molecule has 32 heavy (non-hydrogen) atoms.